The van der Waals surface area contributed by atoms with Gasteiger partial charge in [-0.1, -0.05) is 37.1 Å². The number of unbranched alkanes of at least 4 members (excludes halogenated alkanes) is 1. The predicted octanol–water partition coefficient (Wildman–Crippen LogP) is 5.76. The Balaban J connectivity index is 1.48. The highest BCUT2D eigenvalue weighted by Crippen LogP contribution is 2.42. The topological polar surface area (TPSA) is 87.4 Å². The quantitative estimate of drug-likeness (QED) is 0.269. The Bertz CT molecular complexity index is 1640. The summed E-state index contributed by atoms with van der Waals surface area (Å²) in [7, 11) is 1.58. The number of aryl methyl sites for hydroxylation is 1. The van der Waals surface area contributed by atoms with Crippen LogP contribution in [0.3, 0.4) is 0 Å². The molecule has 1 amide bonds. The van der Waals surface area contributed by atoms with E-state index >= 15 is 0 Å². The second-order valence-electron chi connectivity index (χ2n) is 9.81. The van der Waals surface area contributed by atoms with Crippen LogP contribution >= 0.6 is 0 Å². The van der Waals surface area contributed by atoms with Gasteiger partial charge in [0.05, 0.1) is 30.7 Å². The fraction of sp³-hybridized carbons (Fsp3) is 0.290. The number of hydrogen-bond donors (Lipinski definition) is 0. The molecule has 0 bridgehead atoms. The third-order valence-corrected chi connectivity index (χ3v) is 7.17. The maximum absolute atomic E-state index is 13.9. The number of carbonyl (C=O) groups excluding carboxylic acids is 1. The van der Waals surface area contributed by atoms with E-state index in [4.69, 9.17) is 23.4 Å². The molecule has 0 radical (unpaired) electrons. The number of fused-ring (bicyclic) bond motifs is 3. The number of nitrogens with zero attached hydrogens (tertiary/aromatic N) is 1. The minimum atomic E-state index is -0.683. The van der Waals surface area contributed by atoms with Crippen molar-refractivity contribution in [2.24, 2.45) is 0 Å². The normalized spacial score (nSPS) is 15.6. The van der Waals surface area contributed by atoms with Gasteiger partial charge in [-0.25, -0.2) is 0 Å². The van der Waals surface area contributed by atoms with Gasteiger partial charge in [0.1, 0.15) is 5.58 Å². The lowest BCUT2D eigenvalue weighted by molar-refractivity contribution is 0.0714. The van der Waals surface area contributed by atoms with Crippen molar-refractivity contribution in [3.05, 3.63) is 92.8 Å². The molecular weight excluding hydrogens is 498 g/mol. The van der Waals surface area contributed by atoms with Crippen LogP contribution in [0, 0.1) is 6.92 Å². The Morgan fingerprint density at radius 3 is 2.64 bits per heavy atom. The summed E-state index contributed by atoms with van der Waals surface area (Å²) in [6.07, 6.45) is 1.94. The van der Waals surface area contributed by atoms with Crippen molar-refractivity contribution in [3.63, 3.8) is 0 Å². The smallest absolute Gasteiger partial charge is 0.291 e. The van der Waals surface area contributed by atoms with E-state index in [9.17, 15) is 9.59 Å². The van der Waals surface area contributed by atoms with Crippen molar-refractivity contribution in [3.8, 4) is 23.0 Å². The van der Waals surface area contributed by atoms with Crippen LogP contribution in [0.5, 0.6) is 23.0 Å². The summed E-state index contributed by atoms with van der Waals surface area (Å²) in [6.45, 7) is 4.98. The molecule has 0 saturated carbocycles. The highest BCUT2D eigenvalue weighted by molar-refractivity contribution is 5.99. The zero-order valence-corrected chi connectivity index (χ0v) is 22.1. The molecule has 4 aromatic rings. The van der Waals surface area contributed by atoms with Gasteiger partial charge >= 0.3 is 0 Å². The highest BCUT2D eigenvalue weighted by atomic mass is 16.7. The maximum Gasteiger partial charge on any atom is 0.291 e. The lowest BCUT2D eigenvalue weighted by Gasteiger charge is -2.26. The van der Waals surface area contributed by atoms with Gasteiger partial charge in [0.2, 0.25) is 12.6 Å². The van der Waals surface area contributed by atoms with E-state index in [-0.39, 0.29) is 30.4 Å². The predicted molar refractivity (Wildman–Crippen MR) is 145 cm³/mol. The first-order valence-electron chi connectivity index (χ1n) is 13.1. The first-order chi connectivity index (χ1) is 19.0. The molecular formula is C31H29NO7. The molecule has 8 heteroatoms. The van der Waals surface area contributed by atoms with E-state index in [2.05, 4.69) is 6.92 Å². The lowest BCUT2D eigenvalue weighted by atomic mass is 9.97. The number of carbonyl (C=O) groups is 1. The molecule has 3 aromatic carbocycles. The molecule has 0 spiro atoms. The highest BCUT2D eigenvalue weighted by Gasteiger charge is 2.43. The average molecular weight is 528 g/mol. The monoisotopic (exact) mass is 527 g/mol. The molecule has 6 rings (SSSR count). The van der Waals surface area contributed by atoms with Gasteiger partial charge in [0.15, 0.2) is 28.4 Å². The number of amides is 1. The molecule has 2 aliphatic rings. The molecule has 1 atom stereocenters. The molecule has 2 aliphatic heterocycles. The van der Waals surface area contributed by atoms with Crippen LogP contribution in [0.1, 0.15) is 58.6 Å². The standard InChI is InChI=1S/C31H29NO7/c1-4-5-12-36-23-11-8-20(15-25(23)35-3)28-27-29(33)21-13-18(2)6-9-22(21)39-30(27)31(34)32(28)16-19-7-10-24-26(14-19)38-17-37-24/h6-11,13-15,28H,4-5,12,16-17H2,1-3H3/t28-/m0/s1. The second-order valence-corrected chi connectivity index (χ2v) is 9.81. The Kier molecular flexibility index (Phi) is 6.38. The van der Waals surface area contributed by atoms with E-state index in [0.29, 0.717) is 46.1 Å². The number of methoxy groups -OCH3 is 1. The molecule has 0 unspecified atom stereocenters. The van der Waals surface area contributed by atoms with Crippen molar-refractivity contribution in [2.75, 3.05) is 20.5 Å². The van der Waals surface area contributed by atoms with Crippen LogP contribution in [-0.2, 0) is 6.54 Å². The summed E-state index contributed by atoms with van der Waals surface area (Å²) in [5.41, 5.74) is 2.98. The van der Waals surface area contributed by atoms with E-state index in [1.54, 1.807) is 24.1 Å². The minimum absolute atomic E-state index is 0.0596. The number of rotatable bonds is 8. The summed E-state index contributed by atoms with van der Waals surface area (Å²) in [4.78, 5) is 29.4. The van der Waals surface area contributed by atoms with Crippen LogP contribution < -0.4 is 24.4 Å². The van der Waals surface area contributed by atoms with E-state index in [1.807, 2.05) is 49.4 Å². The van der Waals surface area contributed by atoms with Gasteiger partial charge in [-0.3, -0.25) is 9.59 Å². The van der Waals surface area contributed by atoms with Crippen LogP contribution in [0.2, 0.25) is 0 Å². The van der Waals surface area contributed by atoms with Crippen LogP contribution in [0.25, 0.3) is 11.0 Å². The van der Waals surface area contributed by atoms with Crippen molar-refractivity contribution >= 4 is 16.9 Å². The fourth-order valence-corrected chi connectivity index (χ4v) is 5.18. The van der Waals surface area contributed by atoms with Gasteiger partial charge in [-0.05, 0) is 60.9 Å². The summed E-state index contributed by atoms with van der Waals surface area (Å²) >= 11 is 0. The maximum atomic E-state index is 13.9. The molecule has 0 saturated heterocycles. The molecule has 39 heavy (non-hydrogen) atoms. The molecule has 0 aliphatic carbocycles. The second kappa shape index (κ2) is 10.0. The van der Waals surface area contributed by atoms with E-state index in [1.165, 1.54) is 0 Å². The third-order valence-electron chi connectivity index (χ3n) is 7.17. The van der Waals surface area contributed by atoms with Crippen molar-refractivity contribution < 1.29 is 28.2 Å². The molecule has 8 nitrogen and oxygen atoms in total. The van der Waals surface area contributed by atoms with E-state index < -0.39 is 6.04 Å². The van der Waals surface area contributed by atoms with Crippen LogP contribution in [-0.4, -0.2) is 31.3 Å². The zero-order chi connectivity index (χ0) is 27.1. The van der Waals surface area contributed by atoms with Crippen molar-refractivity contribution in [1.29, 1.82) is 0 Å². The Labute approximate surface area is 225 Å². The average Bonchev–Trinajstić information content (AvgIpc) is 3.52. The summed E-state index contributed by atoms with van der Waals surface area (Å²) in [6, 6.07) is 15.8. The summed E-state index contributed by atoms with van der Waals surface area (Å²) < 4.78 is 28.7. The molecule has 1 aromatic heterocycles. The van der Waals surface area contributed by atoms with Crippen LogP contribution in [0.15, 0.2) is 63.8 Å². The SMILES string of the molecule is CCCCOc1ccc([C@H]2c3c(oc4ccc(C)cc4c3=O)C(=O)N2Cc2ccc3c(c2)OCO3)cc1OC. The largest absolute Gasteiger partial charge is 0.493 e. The Morgan fingerprint density at radius 1 is 0.974 bits per heavy atom. The first kappa shape index (κ1) is 24.9. The lowest BCUT2D eigenvalue weighted by Crippen LogP contribution is -2.29. The fourth-order valence-electron chi connectivity index (χ4n) is 5.18. The Hall–Kier alpha value is -4.46. The van der Waals surface area contributed by atoms with Gasteiger partial charge in [0, 0.05) is 6.54 Å². The van der Waals surface area contributed by atoms with Gasteiger partial charge in [0.25, 0.3) is 5.91 Å². The number of ether oxygens (including phenoxy) is 4. The summed E-state index contributed by atoms with van der Waals surface area (Å²) in [5.74, 6) is 2.14. The molecule has 0 fully saturated rings. The zero-order valence-electron chi connectivity index (χ0n) is 22.1. The van der Waals surface area contributed by atoms with Gasteiger partial charge in [-0.2, -0.15) is 0 Å². The number of benzene rings is 3. The number of hydrogen-bond acceptors (Lipinski definition) is 7. The van der Waals surface area contributed by atoms with E-state index in [0.717, 1.165) is 29.5 Å². The van der Waals surface area contributed by atoms with Gasteiger partial charge in [-0.15, -0.1) is 0 Å². The molecule has 200 valence electrons. The summed E-state index contributed by atoms with van der Waals surface area (Å²) in [5, 5.41) is 0.447. The Morgan fingerprint density at radius 2 is 1.82 bits per heavy atom. The molecule has 3 heterocycles. The van der Waals surface area contributed by atoms with Crippen LogP contribution in [0.4, 0.5) is 0 Å². The molecule has 0 N–H and O–H groups in total. The van der Waals surface area contributed by atoms with Crippen molar-refractivity contribution in [1.82, 2.24) is 4.90 Å². The minimum Gasteiger partial charge on any atom is -0.493 e. The van der Waals surface area contributed by atoms with Crippen molar-refractivity contribution in [2.45, 2.75) is 39.3 Å². The third kappa shape index (κ3) is 4.35. The first-order valence-corrected chi connectivity index (χ1v) is 13.1. The van der Waals surface area contributed by atoms with Gasteiger partial charge < -0.3 is 28.3 Å².